The standard InChI is InChI=1S/C12H16F3N3OS/c1-19-7-3-2-6-17-11-8(10(16)20)4-5-9(18-11)12(13,14)15/h4-5H,2-3,6-7H2,1H3,(H2,16,20)(H,17,18). The van der Waals surface area contributed by atoms with E-state index >= 15 is 0 Å². The number of nitrogens with two attached hydrogens (primary N) is 1. The van der Waals surface area contributed by atoms with Crippen molar-refractivity contribution in [1.82, 2.24) is 4.98 Å². The highest BCUT2D eigenvalue weighted by Crippen LogP contribution is 2.29. The first-order chi connectivity index (χ1) is 9.36. The Morgan fingerprint density at radius 2 is 2.10 bits per heavy atom. The minimum absolute atomic E-state index is 0.00520. The van der Waals surface area contributed by atoms with E-state index in [0.29, 0.717) is 18.7 Å². The zero-order chi connectivity index (χ0) is 15.2. The molecular formula is C12H16F3N3OS. The maximum absolute atomic E-state index is 12.6. The molecule has 0 aliphatic rings. The monoisotopic (exact) mass is 307 g/mol. The van der Waals surface area contributed by atoms with Gasteiger partial charge in [-0.1, -0.05) is 12.2 Å². The van der Waals surface area contributed by atoms with Crippen molar-refractivity contribution in [2.75, 3.05) is 25.6 Å². The minimum atomic E-state index is -4.50. The van der Waals surface area contributed by atoms with E-state index in [1.54, 1.807) is 7.11 Å². The Labute approximate surface area is 120 Å². The number of pyridine rings is 1. The summed E-state index contributed by atoms with van der Waals surface area (Å²) in [5.74, 6) is 0.0599. The molecule has 0 spiro atoms. The molecule has 0 aliphatic carbocycles. The van der Waals surface area contributed by atoms with E-state index in [9.17, 15) is 13.2 Å². The highest BCUT2D eigenvalue weighted by atomic mass is 32.1. The summed E-state index contributed by atoms with van der Waals surface area (Å²) in [7, 11) is 1.59. The molecule has 4 nitrogen and oxygen atoms in total. The number of aromatic nitrogens is 1. The average Bonchev–Trinajstić information content (AvgIpc) is 2.37. The van der Waals surface area contributed by atoms with Crippen LogP contribution in [0.5, 0.6) is 0 Å². The van der Waals surface area contributed by atoms with Crippen LogP contribution in [-0.4, -0.2) is 30.2 Å². The first kappa shape index (κ1) is 16.6. The van der Waals surface area contributed by atoms with Crippen LogP contribution in [-0.2, 0) is 10.9 Å². The van der Waals surface area contributed by atoms with Crippen LogP contribution in [0.4, 0.5) is 19.0 Å². The fraction of sp³-hybridized carbons (Fsp3) is 0.500. The number of nitrogens with one attached hydrogen (secondary N) is 1. The van der Waals surface area contributed by atoms with Crippen LogP contribution in [0, 0.1) is 0 Å². The lowest BCUT2D eigenvalue weighted by Gasteiger charge is -2.13. The second-order valence-corrected chi connectivity index (χ2v) is 4.52. The third-order valence-corrected chi connectivity index (χ3v) is 2.74. The van der Waals surface area contributed by atoms with Gasteiger partial charge in [-0.25, -0.2) is 4.98 Å². The van der Waals surface area contributed by atoms with Crippen LogP contribution in [0.15, 0.2) is 12.1 Å². The van der Waals surface area contributed by atoms with Gasteiger partial charge in [-0.05, 0) is 25.0 Å². The lowest BCUT2D eigenvalue weighted by molar-refractivity contribution is -0.141. The second-order valence-electron chi connectivity index (χ2n) is 4.08. The van der Waals surface area contributed by atoms with E-state index < -0.39 is 11.9 Å². The summed E-state index contributed by atoms with van der Waals surface area (Å²) in [5, 5.41) is 2.83. The van der Waals surface area contributed by atoms with Gasteiger partial charge in [-0.2, -0.15) is 13.2 Å². The SMILES string of the molecule is COCCCCNc1nc(C(F)(F)F)ccc1C(N)=S. The average molecular weight is 307 g/mol. The smallest absolute Gasteiger partial charge is 0.389 e. The van der Waals surface area contributed by atoms with Crippen molar-refractivity contribution in [3.8, 4) is 0 Å². The van der Waals surface area contributed by atoms with Crippen molar-refractivity contribution in [1.29, 1.82) is 0 Å². The molecule has 0 atom stereocenters. The van der Waals surface area contributed by atoms with Gasteiger partial charge in [-0.15, -0.1) is 0 Å². The number of anilines is 1. The van der Waals surface area contributed by atoms with Crippen molar-refractivity contribution in [3.05, 3.63) is 23.4 Å². The number of alkyl halides is 3. The van der Waals surface area contributed by atoms with Crippen LogP contribution in [0.3, 0.4) is 0 Å². The van der Waals surface area contributed by atoms with Crippen LogP contribution in [0.1, 0.15) is 24.1 Å². The molecule has 0 radical (unpaired) electrons. The summed E-state index contributed by atoms with van der Waals surface area (Å²) in [6, 6.07) is 2.10. The molecule has 0 unspecified atom stereocenters. The van der Waals surface area contributed by atoms with E-state index in [1.807, 2.05) is 0 Å². The van der Waals surface area contributed by atoms with E-state index in [2.05, 4.69) is 10.3 Å². The van der Waals surface area contributed by atoms with Gasteiger partial charge in [0.15, 0.2) is 0 Å². The molecule has 3 N–H and O–H groups in total. The van der Waals surface area contributed by atoms with Crippen molar-refractivity contribution >= 4 is 23.0 Å². The van der Waals surface area contributed by atoms with Gasteiger partial charge in [0.05, 0.1) is 5.56 Å². The third-order valence-electron chi connectivity index (χ3n) is 2.52. The highest BCUT2D eigenvalue weighted by molar-refractivity contribution is 7.80. The topological polar surface area (TPSA) is 60.2 Å². The molecule has 8 heteroatoms. The quantitative estimate of drug-likeness (QED) is 0.599. The summed E-state index contributed by atoms with van der Waals surface area (Å²) >= 11 is 4.80. The third kappa shape index (κ3) is 4.93. The summed E-state index contributed by atoms with van der Waals surface area (Å²) in [6.45, 7) is 1.06. The lowest BCUT2D eigenvalue weighted by Crippen LogP contribution is -2.18. The van der Waals surface area contributed by atoms with Crippen molar-refractivity contribution in [2.24, 2.45) is 5.73 Å². The Kier molecular flexibility index (Phi) is 6.15. The molecule has 0 fully saturated rings. The fourth-order valence-electron chi connectivity index (χ4n) is 1.53. The Balaban J connectivity index is 2.81. The lowest BCUT2D eigenvalue weighted by atomic mass is 10.2. The normalized spacial score (nSPS) is 11.4. The van der Waals surface area contributed by atoms with Gasteiger partial charge in [0.2, 0.25) is 0 Å². The molecule has 0 saturated carbocycles. The number of nitrogens with zero attached hydrogens (tertiary/aromatic N) is 1. The minimum Gasteiger partial charge on any atom is -0.389 e. The maximum Gasteiger partial charge on any atom is 0.433 e. The summed E-state index contributed by atoms with van der Waals surface area (Å²) in [5.41, 5.74) is 4.81. The number of hydrogen-bond acceptors (Lipinski definition) is 4. The molecule has 0 saturated heterocycles. The van der Waals surface area contributed by atoms with Crippen LogP contribution >= 0.6 is 12.2 Å². The summed E-state index contributed by atoms with van der Waals surface area (Å²) in [6.07, 6.45) is -2.96. The summed E-state index contributed by atoms with van der Waals surface area (Å²) < 4.78 is 42.7. The number of rotatable bonds is 7. The Hall–Kier alpha value is -1.41. The van der Waals surface area contributed by atoms with Gasteiger partial charge in [-0.3, -0.25) is 0 Å². The van der Waals surface area contributed by atoms with E-state index in [1.165, 1.54) is 6.07 Å². The molecule has 20 heavy (non-hydrogen) atoms. The molecule has 0 bridgehead atoms. The van der Waals surface area contributed by atoms with E-state index in [0.717, 1.165) is 18.9 Å². The zero-order valence-corrected chi connectivity index (χ0v) is 11.8. The van der Waals surface area contributed by atoms with Crippen LogP contribution in [0.2, 0.25) is 0 Å². The molecule has 0 aliphatic heterocycles. The first-order valence-corrected chi connectivity index (χ1v) is 6.38. The van der Waals surface area contributed by atoms with Crippen LogP contribution in [0.25, 0.3) is 0 Å². The molecule has 1 heterocycles. The van der Waals surface area contributed by atoms with Gasteiger partial charge in [0.1, 0.15) is 16.5 Å². The summed E-state index contributed by atoms with van der Waals surface area (Å²) in [4.78, 5) is 3.55. The number of unbranched alkanes of at least 4 members (excludes halogenated alkanes) is 1. The Morgan fingerprint density at radius 3 is 2.65 bits per heavy atom. The van der Waals surface area contributed by atoms with Gasteiger partial charge in [0.25, 0.3) is 0 Å². The molecule has 112 valence electrons. The predicted octanol–water partition coefficient (Wildman–Crippen LogP) is 2.57. The zero-order valence-electron chi connectivity index (χ0n) is 11.0. The van der Waals surface area contributed by atoms with Gasteiger partial charge >= 0.3 is 6.18 Å². The largest absolute Gasteiger partial charge is 0.433 e. The number of methoxy groups -OCH3 is 1. The van der Waals surface area contributed by atoms with E-state index in [4.69, 9.17) is 22.7 Å². The Bertz CT molecular complexity index is 466. The van der Waals surface area contributed by atoms with Crippen molar-refractivity contribution in [3.63, 3.8) is 0 Å². The van der Waals surface area contributed by atoms with Crippen molar-refractivity contribution in [2.45, 2.75) is 19.0 Å². The maximum atomic E-state index is 12.6. The molecule has 0 amide bonds. The Morgan fingerprint density at radius 1 is 1.40 bits per heavy atom. The molecule has 1 rings (SSSR count). The number of halogens is 3. The van der Waals surface area contributed by atoms with Gasteiger partial charge in [0, 0.05) is 20.3 Å². The second kappa shape index (κ2) is 7.39. The molecule has 0 aromatic carbocycles. The number of thiocarbonyl (C=S) groups is 1. The van der Waals surface area contributed by atoms with Crippen LogP contribution < -0.4 is 11.1 Å². The number of hydrogen-bond donors (Lipinski definition) is 2. The first-order valence-electron chi connectivity index (χ1n) is 5.97. The number of ether oxygens (including phenoxy) is 1. The fourth-order valence-corrected chi connectivity index (χ4v) is 1.69. The van der Waals surface area contributed by atoms with Crippen molar-refractivity contribution < 1.29 is 17.9 Å². The highest BCUT2D eigenvalue weighted by Gasteiger charge is 2.33. The van der Waals surface area contributed by atoms with Gasteiger partial charge < -0.3 is 15.8 Å². The molecular weight excluding hydrogens is 291 g/mol. The van der Waals surface area contributed by atoms with E-state index in [-0.39, 0.29) is 10.8 Å². The molecule has 1 aromatic heterocycles. The molecule has 1 aromatic rings. The predicted molar refractivity (Wildman–Crippen MR) is 74.7 cm³/mol.